The summed E-state index contributed by atoms with van der Waals surface area (Å²) in [6.07, 6.45) is -1.14. The number of esters is 1. The van der Waals surface area contributed by atoms with E-state index in [2.05, 4.69) is 10.2 Å². The zero-order chi connectivity index (χ0) is 15.3. The first-order valence-electron chi connectivity index (χ1n) is 6.17. The van der Waals surface area contributed by atoms with Crippen molar-refractivity contribution in [1.82, 2.24) is 5.48 Å². The van der Waals surface area contributed by atoms with Crippen LogP contribution in [-0.2, 0) is 19.1 Å². The third-order valence-electron chi connectivity index (χ3n) is 2.23. The van der Waals surface area contributed by atoms with Crippen LogP contribution in [0.3, 0.4) is 0 Å². The molecular formula is C13H25NO5. The number of methoxy groups -OCH3 is 1. The molecule has 0 rings (SSSR count). The van der Waals surface area contributed by atoms with E-state index in [9.17, 15) is 9.59 Å². The number of ether oxygens (including phenoxy) is 2. The van der Waals surface area contributed by atoms with Crippen LogP contribution in [0.1, 0.15) is 48.0 Å². The molecule has 0 aromatic heterocycles. The maximum absolute atomic E-state index is 11.5. The van der Waals surface area contributed by atoms with Crippen LogP contribution in [0, 0.1) is 5.41 Å². The maximum atomic E-state index is 11.5. The van der Waals surface area contributed by atoms with Crippen molar-refractivity contribution in [1.29, 1.82) is 0 Å². The lowest BCUT2D eigenvalue weighted by molar-refractivity contribution is -0.150. The highest BCUT2D eigenvalue weighted by molar-refractivity contribution is 5.70. The maximum Gasteiger partial charge on any atom is 0.431 e. The molecule has 0 saturated heterocycles. The van der Waals surface area contributed by atoms with Gasteiger partial charge in [0.25, 0.3) is 0 Å². The second-order valence-corrected chi connectivity index (χ2v) is 6.36. The Kier molecular flexibility index (Phi) is 6.29. The van der Waals surface area contributed by atoms with Gasteiger partial charge in [-0.15, -0.1) is 0 Å². The Balaban J connectivity index is 4.43. The number of amides is 1. The van der Waals surface area contributed by atoms with Gasteiger partial charge in [-0.2, -0.15) is 5.48 Å². The standard InChI is InChI=1S/C13H25NO5/c1-12(2,3)9(8-10(15)17-7)19-14-11(16)18-13(4,5)6/h9H,8H2,1-7H3,(H,14,16). The molecule has 1 atom stereocenters. The normalized spacial score (nSPS) is 13.6. The van der Waals surface area contributed by atoms with Crippen LogP contribution in [0.5, 0.6) is 0 Å². The van der Waals surface area contributed by atoms with Gasteiger partial charge in [-0.25, -0.2) is 4.79 Å². The van der Waals surface area contributed by atoms with Gasteiger partial charge in [0, 0.05) is 0 Å². The molecule has 0 aromatic rings. The second-order valence-electron chi connectivity index (χ2n) is 6.36. The molecule has 0 aliphatic carbocycles. The highest BCUT2D eigenvalue weighted by atomic mass is 16.7. The molecule has 112 valence electrons. The van der Waals surface area contributed by atoms with Crippen LogP contribution in [0.15, 0.2) is 0 Å². The van der Waals surface area contributed by atoms with Crippen molar-refractivity contribution in [3.8, 4) is 0 Å². The smallest absolute Gasteiger partial charge is 0.431 e. The molecule has 1 amide bonds. The number of hydrogen-bond acceptors (Lipinski definition) is 5. The van der Waals surface area contributed by atoms with E-state index < -0.39 is 23.8 Å². The number of hydrogen-bond donors (Lipinski definition) is 1. The van der Waals surface area contributed by atoms with Gasteiger partial charge in [0.05, 0.1) is 13.5 Å². The van der Waals surface area contributed by atoms with Gasteiger partial charge in [-0.3, -0.25) is 9.63 Å². The molecule has 0 aliphatic rings. The average Bonchev–Trinajstić information content (AvgIpc) is 2.19. The summed E-state index contributed by atoms with van der Waals surface area (Å²) >= 11 is 0. The van der Waals surface area contributed by atoms with Crippen LogP contribution < -0.4 is 5.48 Å². The molecule has 6 heteroatoms. The van der Waals surface area contributed by atoms with Crippen LogP contribution in [-0.4, -0.2) is 30.9 Å². The topological polar surface area (TPSA) is 73.9 Å². The van der Waals surface area contributed by atoms with Crippen molar-refractivity contribution in [2.45, 2.75) is 59.7 Å². The fourth-order valence-corrected chi connectivity index (χ4v) is 1.18. The minimum Gasteiger partial charge on any atom is -0.469 e. The highest BCUT2D eigenvalue weighted by Gasteiger charge is 2.30. The summed E-state index contributed by atoms with van der Waals surface area (Å²) in [7, 11) is 1.31. The van der Waals surface area contributed by atoms with Crippen LogP contribution >= 0.6 is 0 Å². The Morgan fingerprint density at radius 1 is 1.11 bits per heavy atom. The fraction of sp³-hybridized carbons (Fsp3) is 0.846. The van der Waals surface area contributed by atoms with E-state index >= 15 is 0 Å². The minimum atomic E-state index is -0.688. The number of nitrogens with one attached hydrogen (secondary N) is 1. The predicted octanol–water partition coefficient (Wildman–Crippen LogP) is 2.42. The monoisotopic (exact) mass is 275 g/mol. The first-order valence-corrected chi connectivity index (χ1v) is 6.17. The molecule has 0 aromatic carbocycles. The van der Waals surface area contributed by atoms with Crippen molar-refractivity contribution in [3.05, 3.63) is 0 Å². The lowest BCUT2D eigenvalue weighted by atomic mass is 9.87. The molecule has 0 heterocycles. The van der Waals surface area contributed by atoms with Gasteiger partial charge < -0.3 is 9.47 Å². The van der Waals surface area contributed by atoms with Gasteiger partial charge in [0.15, 0.2) is 0 Å². The van der Waals surface area contributed by atoms with Crippen molar-refractivity contribution < 1.29 is 23.9 Å². The molecule has 6 nitrogen and oxygen atoms in total. The van der Waals surface area contributed by atoms with Gasteiger partial charge >= 0.3 is 12.1 Å². The van der Waals surface area contributed by atoms with E-state index in [-0.39, 0.29) is 11.8 Å². The van der Waals surface area contributed by atoms with E-state index in [0.717, 1.165) is 0 Å². The zero-order valence-electron chi connectivity index (χ0n) is 12.8. The highest BCUT2D eigenvalue weighted by Crippen LogP contribution is 2.24. The van der Waals surface area contributed by atoms with Crippen LogP contribution in [0.4, 0.5) is 4.79 Å². The van der Waals surface area contributed by atoms with Crippen LogP contribution in [0.25, 0.3) is 0 Å². The quantitative estimate of drug-likeness (QED) is 0.630. The molecule has 0 aliphatic heterocycles. The van der Waals surface area contributed by atoms with Crippen molar-refractivity contribution in [2.75, 3.05) is 7.11 Å². The van der Waals surface area contributed by atoms with Crippen molar-refractivity contribution in [3.63, 3.8) is 0 Å². The molecular weight excluding hydrogens is 250 g/mol. The molecule has 19 heavy (non-hydrogen) atoms. The Bertz CT molecular complexity index is 314. The molecule has 0 radical (unpaired) electrons. The van der Waals surface area contributed by atoms with Gasteiger partial charge in [0.1, 0.15) is 11.7 Å². The second kappa shape index (κ2) is 6.75. The van der Waals surface area contributed by atoms with Crippen molar-refractivity contribution in [2.24, 2.45) is 5.41 Å². The summed E-state index contributed by atoms with van der Waals surface area (Å²) < 4.78 is 9.64. The van der Waals surface area contributed by atoms with E-state index in [4.69, 9.17) is 9.57 Å². The number of carbonyl (C=O) groups is 2. The lowest BCUT2D eigenvalue weighted by Gasteiger charge is -2.29. The first kappa shape index (κ1) is 17.7. The summed E-state index contributed by atoms with van der Waals surface area (Å²) in [5.41, 5.74) is 1.27. The van der Waals surface area contributed by atoms with Crippen molar-refractivity contribution >= 4 is 12.1 Å². The predicted molar refractivity (Wildman–Crippen MR) is 70.3 cm³/mol. The average molecular weight is 275 g/mol. The fourth-order valence-electron chi connectivity index (χ4n) is 1.18. The van der Waals surface area contributed by atoms with Gasteiger partial charge in [0.2, 0.25) is 0 Å². The Hall–Kier alpha value is -1.30. The molecule has 0 fully saturated rings. The lowest BCUT2D eigenvalue weighted by Crippen LogP contribution is -2.40. The summed E-state index contributed by atoms with van der Waals surface area (Å²) in [6.45, 7) is 11.0. The Labute approximate surface area is 114 Å². The molecule has 0 saturated carbocycles. The molecule has 1 unspecified atom stereocenters. The summed E-state index contributed by atoms with van der Waals surface area (Å²) in [6, 6.07) is 0. The Morgan fingerprint density at radius 2 is 1.63 bits per heavy atom. The third kappa shape index (κ3) is 8.42. The summed E-state index contributed by atoms with van der Waals surface area (Å²) in [4.78, 5) is 28.0. The molecule has 1 N–H and O–H groups in total. The van der Waals surface area contributed by atoms with Gasteiger partial charge in [-0.05, 0) is 26.2 Å². The zero-order valence-corrected chi connectivity index (χ0v) is 12.8. The van der Waals surface area contributed by atoms with E-state index in [0.29, 0.717) is 0 Å². The SMILES string of the molecule is COC(=O)CC(ONC(=O)OC(C)(C)C)C(C)(C)C. The third-order valence-corrected chi connectivity index (χ3v) is 2.23. The summed E-state index contributed by atoms with van der Waals surface area (Å²) in [5, 5.41) is 0. The Morgan fingerprint density at radius 3 is 2.00 bits per heavy atom. The number of carbonyl (C=O) groups excluding carboxylic acids is 2. The van der Waals surface area contributed by atoms with Gasteiger partial charge in [-0.1, -0.05) is 20.8 Å². The number of rotatable bonds is 4. The minimum absolute atomic E-state index is 0.0514. The largest absolute Gasteiger partial charge is 0.469 e. The van der Waals surface area contributed by atoms with E-state index in [1.165, 1.54) is 7.11 Å². The number of hydroxylamine groups is 1. The van der Waals surface area contributed by atoms with Crippen LogP contribution in [0.2, 0.25) is 0 Å². The van der Waals surface area contributed by atoms with E-state index in [1.54, 1.807) is 20.8 Å². The first-order chi connectivity index (χ1) is 8.45. The van der Waals surface area contributed by atoms with E-state index in [1.807, 2.05) is 20.8 Å². The molecule has 0 spiro atoms. The summed E-state index contributed by atoms with van der Waals surface area (Å²) in [5.74, 6) is -0.397. The molecule has 0 bridgehead atoms.